The molecule has 1 aromatic heterocycles. The van der Waals surface area contributed by atoms with E-state index in [1.807, 2.05) is 45.8 Å². The summed E-state index contributed by atoms with van der Waals surface area (Å²) in [5.74, 6) is 1.66. The van der Waals surface area contributed by atoms with Crippen molar-refractivity contribution >= 4 is 17.9 Å². The Balaban J connectivity index is 2.64. The molecule has 6 heteroatoms. The first-order valence-electron chi connectivity index (χ1n) is 7.21. The summed E-state index contributed by atoms with van der Waals surface area (Å²) in [5, 5.41) is 2.86. The van der Waals surface area contributed by atoms with Crippen LogP contribution >= 0.6 is 11.8 Å². The molecule has 1 heterocycles. The number of carbonyl (C=O) groups excluding carboxylic acids is 1. The van der Waals surface area contributed by atoms with Crippen LogP contribution in [0.5, 0.6) is 0 Å². The van der Waals surface area contributed by atoms with Gasteiger partial charge in [0.05, 0.1) is 24.3 Å². The molecular weight excluding hydrogens is 286 g/mol. The third-order valence-corrected chi connectivity index (χ3v) is 3.78. The van der Waals surface area contributed by atoms with E-state index >= 15 is 0 Å². The summed E-state index contributed by atoms with van der Waals surface area (Å²) in [5.41, 5.74) is 0.505. The molecule has 21 heavy (non-hydrogen) atoms. The second kappa shape index (κ2) is 7.73. The van der Waals surface area contributed by atoms with Crippen molar-refractivity contribution in [1.29, 1.82) is 0 Å². The van der Waals surface area contributed by atoms with Gasteiger partial charge in [-0.25, -0.2) is 9.78 Å². The quantitative estimate of drug-likeness (QED) is 0.873. The molecule has 0 fully saturated rings. The molecule has 0 saturated carbocycles. The molecule has 0 spiro atoms. The Kier molecular flexibility index (Phi) is 6.58. The molecule has 0 saturated heterocycles. The Hall–Kier alpha value is -1.17. The standard InChI is InChI=1S/C15H27N3O2S/c1-11(9-21-6)8-18-10-16-7-13(18)12(2)17-14(19)20-15(3,4)5/h7,10-12H,8-9H2,1-6H3,(H,17,19). The minimum absolute atomic E-state index is 0.135. The van der Waals surface area contributed by atoms with Gasteiger partial charge >= 0.3 is 6.09 Å². The Morgan fingerprint density at radius 1 is 1.48 bits per heavy atom. The van der Waals surface area contributed by atoms with Crippen molar-refractivity contribution in [3.8, 4) is 0 Å². The maximum atomic E-state index is 11.8. The maximum absolute atomic E-state index is 11.8. The van der Waals surface area contributed by atoms with Gasteiger partial charge in [0.25, 0.3) is 0 Å². The van der Waals surface area contributed by atoms with Crippen LogP contribution in [0.2, 0.25) is 0 Å². The second-order valence-corrected chi connectivity index (χ2v) is 7.31. The van der Waals surface area contributed by atoms with E-state index in [0.29, 0.717) is 5.92 Å². The normalized spacial score (nSPS) is 14.6. The number of imidazole rings is 1. The highest BCUT2D eigenvalue weighted by Gasteiger charge is 2.20. The monoisotopic (exact) mass is 313 g/mol. The van der Waals surface area contributed by atoms with Crippen LogP contribution in [0.25, 0.3) is 0 Å². The number of amides is 1. The van der Waals surface area contributed by atoms with Gasteiger partial charge in [0.15, 0.2) is 0 Å². The SMILES string of the molecule is CSCC(C)Cn1cncc1C(C)NC(=O)OC(C)(C)C. The Bertz CT molecular complexity index is 454. The number of hydrogen-bond donors (Lipinski definition) is 1. The minimum atomic E-state index is -0.489. The molecule has 120 valence electrons. The molecule has 0 bridgehead atoms. The first-order valence-corrected chi connectivity index (χ1v) is 8.60. The lowest BCUT2D eigenvalue weighted by molar-refractivity contribution is 0.0506. The Morgan fingerprint density at radius 2 is 2.14 bits per heavy atom. The smallest absolute Gasteiger partial charge is 0.408 e. The zero-order chi connectivity index (χ0) is 16.0. The van der Waals surface area contributed by atoms with Crippen molar-refractivity contribution in [3.63, 3.8) is 0 Å². The van der Waals surface area contributed by atoms with Crippen LogP contribution in [-0.4, -0.2) is 33.3 Å². The first kappa shape index (κ1) is 17.9. The lowest BCUT2D eigenvalue weighted by atomic mass is 10.2. The zero-order valence-corrected chi connectivity index (χ0v) is 14.7. The predicted octanol–water partition coefficient (Wildman–Crippen LogP) is 3.47. The number of nitrogens with zero attached hydrogens (tertiary/aromatic N) is 2. The summed E-state index contributed by atoms with van der Waals surface area (Å²) < 4.78 is 7.38. The van der Waals surface area contributed by atoms with Gasteiger partial charge < -0.3 is 14.6 Å². The number of alkyl carbamates (subject to hydrolysis) is 1. The van der Waals surface area contributed by atoms with Gasteiger partial charge in [-0.05, 0) is 45.6 Å². The second-order valence-electron chi connectivity index (χ2n) is 6.40. The molecular formula is C15H27N3O2S. The molecule has 1 N–H and O–H groups in total. The van der Waals surface area contributed by atoms with Crippen LogP contribution in [0, 0.1) is 5.92 Å². The molecule has 5 nitrogen and oxygen atoms in total. The first-order chi connectivity index (χ1) is 9.73. The zero-order valence-electron chi connectivity index (χ0n) is 13.8. The molecule has 0 aliphatic heterocycles. The van der Waals surface area contributed by atoms with E-state index < -0.39 is 11.7 Å². The van der Waals surface area contributed by atoms with Crippen LogP contribution in [-0.2, 0) is 11.3 Å². The van der Waals surface area contributed by atoms with Crippen molar-refractivity contribution in [1.82, 2.24) is 14.9 Å². The predicted molar refractivity (Wildman–Crippen MR) is 87.6 cm³/mol. The fraction of sp³-hybridized carbons (Fsp3) is 0.733. The minimum Gasteiger partial charge on any atom is -0.444 e. The molecule has 2 atom stereocenters. The summed E-state index contributed by atoms with van der Waals surface area (Å²) in [6.07, 6.45) is 5.32. The fourth-order valence-electron chi connectivity index (χ4n) is 2.08. The topological polar surface area (TPSA) is 56.2 Å². The van der Waals surface area contributed by atoms with Gasteiger partial charge in [-0.15, -0.1) is 0 Å². The number of rotatable bonds is 6. The number of aromatic nitrogens is 2. The molecule has 0 aliphatic carbocycles. The van der Waals surface area contributed by atoms with Gasteiger partial charge in [0.1, 0.15) is 5.60 Å². The van der Waals surface area contributed by atoms with E-state index in [1.54, 1.807) is 6.20 Å². The van der Waals surface area contributed by atoms with E-state index in [2.05, 4.69) is 28.0 Å². The molecule has 1 aromatic rings. The van der Waals surface area contributed by atoms with E-state index in [1.165, 1.54) is 0 Å². The highest BCUT2D eigenvalue weighted by atomic mass is 32.2. The van der Waals surface area contributed by atoms with Crippen LogP contribution in [0.4, 0.5) is 4.79 Å². The van der Waals surface area contributed by atoms with Crippen molar-refractivity contribution < 1.29 is 9.53 Å². The molecule has 1 amide bonds. The third-order valence-electron chi connectivity index (χ3n) is 2.88. The Morgan fingerprint density at radius 3 is 2.71 bits per heavy atom. The summed E-state index contributed by atoms with van der Waals surface area (Å²) >= 11 is 1.84. The molecule has 0 radical (unpaired) electrons. The number of carbonyl (C=O) groups is 1. The van der Waals surface area contributed by atoms with Gasteiger partial charge in [-0.1, -0.05) is 6.92 Å². The lowest BCUT2D eigenvalue weighted by Gasteiger charge is -2.23. The van der Waals surface area contributed by atoms with Crippen LogP contribution < -0.4 is 5.32 Å². The van der Waals surface area contributed by atoms with E-state index in [0.717, 1.165) is 18.0 Å². The van der Waals surface area contributed by atoms with Crippen LogP contribution in [0.1, 0.15) is 46.4 Å². The number of ether oxygens (including phenoxy) is 1. The van der Waals surface area contributed by atoms with Crippen molar-refractivity contribution in [2.75, 3.05) is 12.0 Å². The molecule has 0 aromatic carbocycles. The summed E-state index contributed by atoms with van der Waals surface area (Å²) in [4.78, 5) is 16.0. The maximum Gasteiger partial charge on any atom is 0.408 e. The third kappa shape index (κ3) is 6.42. The fourth-order valence-corrected chi connectivity index (χ4v) is 2.75. The highest BCUT2D eigenvalue weighted by molar-refractivity contribution is 7.98. The number of thioether (sulfide) groups is 1. The van der Waals surface area contributed by atoms with Crippen LogP contribution in [0.3, 0.4) is 0 Å². The van der Waals surface area contributed by atoms with Crippen LogP contribution in [0.15, 0.2) is 12.5 Å². The van der Waals surface area contributed by atoms with Crippen molar-refractivity contribution in [3.05, 3.63) is 18.2 Å². The van der Waals surface area contributed by atoms with Gasteiger partial charge in [0, 0.05) is 6.54 Å². The summed E-state index contributed by atoms with van der Waals surface area (Å²) in [6, 6.07) is -0.135. The van der Waals surface area contributed by atoms with Crippen molar-refractivity contribution in [2.24, 2.45) is 5.92 Å². The van der Waals surface area contributed by atoms with Gasteiger partial charge in [-0.2, -0.15) is 11.8 Å². The highest BCUT2D eigenvalue weighted by Crippen LogP contribution is 2.16. The number of nitrogens with one attached hydrogen (secondary N) is 1. The lowest BCUT2D eigenvalue weighted by Crippen LogP contribution is -2.34. The molecule has 0 aliphatic rings. The van der Waals surface area contributed by atoms with E-state index in [9.17, 15) is 4.79 Å². The average molecular weight is 313 g/mol. The van der Waals surface area contributed by atoms with E-state index in [4.69, 9.17) is 4.74 Å². The van der Waals surface area contributed by atoms with Crippen molar-refractivity contribution in [2.45, 2.75) is 52.8 Å². The molecule has 1 rings (SSSR count). The summed E-state index contributed by atoms with van der Waals surface area (Å²) in [7, 11) is 0. The summed E-state index contributed by atoms with van der Waals surface area (Å²) in [6.45, 7) is 10.6. The largest absolute Gasteiger partial charge is 0.444 e. The molecule has 2 unspecified atom stereocenters. The average Bonchev–Trinajstić information content (AvgIpc) is 2.74. The van der Waals surface area contributed by atoms with Gasteiger partial charge in [0.2, 0.25) is 0 Å². The Labute approximate surface area is 131 Å². The van der Waals surface area contributed by atoms with Gasteiger partial charge in [-0.3, -0.25) is 0 Å². The van der Waals surface area contributed by atoms with E-state index in [-0.39, 0.29) is 6.04 Å². The number of hydrogen-bond acceptors (Lipinski definition) is 4.